The third-order valence-electron chi connectivity index (χ3n) is 3.92. The standard InChI is InChI=1S/C16H31IO4/c1-18-20-16(21-19-15-11-14-17)12-9-7-5-3-2-4-6-8-10-13-16/h2-15H2,1H3. The molecule has 0 aromatic heterocycles. The third kappa shape index (κ3) is 9.33. The summed E-state index contributed by atoms with van der Waals surface area (Å²) in [4.78, 5) is 21.5. The van der Waals surface area contributed by atoms with Gasteiger partial charge in [0.25, 0.3) is 0 Å². The number of rotatable bonds is 7. The molecule has 21 heavy (non-hydrogen) atoms. The zero-order valence-corrected chi connectivity index (χ0v) is 15.6. The van der Waals surface area contributed by atoms with E-state index in [1.165, 1.54) is 44.9 Å². The summed E-state index contributed by atoms with van der Waals surface area (Å²) >= 11 is 2.34. The summed E-state index contributed by atoms with van der Waals surface area (Å²) in [6.07, 6.45) is 14.0. The van der Waals surface area contributed by atoms with Gasteiger partial charge in [0.1, 0.15) is 0 Å². The molecule has 0 aromatic rings. The van der Waals surface area contributed by atoms with Gasteiger partial charge in [0, 0.05) is 17.3 Å². The van der Waals surface area contributed by atoms with Crippen molar-refractivity contribution in [3.8, 4) is 0 Å². The molecule has 1 fully saturated rings. The van der Waals surface area contributed by atoms with E-state index in [1.54, 1.807) is 7.11 Å². The van der Waals surface area contributed by atoms with Gasteiger partial charge >= 0.3 is 0 Å². The topological polar surface area (TPSA) is 36.9 Å². The first kappa shape index (κ1) is 19.6. The van der Waals surface area contributed by atoms with E-state index >= 15 is 0 Å². The molecule has 0 aliphatic heterocycles. The second-order valence-electron chi connectivity index (χ2n) is 5.79. The highest BCUT2D eigenvalue weighted by Gasteiger charge is 2.34. The van der Waals surface area contributed by atoms with Gasteiger partial charge < -0.3 is 0 Å². The van der Waals surface area contributed by atoms with E-state index in [4.69, 9.17) is 19.6 Å². The number of halogens is 1. The van der Waals surface area contributed by atoms with Gasteiger partial charge in [0.15, 0.2) is 0 Å². The van der Waals surface area contributed by atoms with Crippen LogP contribution in [0.4, 0.5) is 0 Å². The van der Waals surface area contributed by atoms with Gasteiger partial charge in [-0.3, -0.25) is 0 Å². The van der Waals surface area contributed by atoms with Crippen molar-refractivity contribution in [2.75, 3.05) is 18.1 Å². The Bertz CT molecular complexity index is 221. The van der Waals surface area contributed by atoms with Gasteiger partial charge in [-0.15, -0.1) is 0 Å². The Morgan fingerprint density at radius 3 is 1.81 bits per heavy atom. The molecule has 0 atom stereocenters. The molecule has 1 aliphatic rings. The molecule has 0 saturated heterocycles. The Labute approximate surface area is 143 Å². The Morgan fingerprint density at radius 1 is 0.810 bits per heavy atom. The van der Waals surface area contributed by atoms with Crippen LogP contribution >= 0.6 is 22.6 Å². The van der Waals surface area contributed by atoms with Gasteiger partial charge in [0.2, 0.25) is 5.79 Å². The third-order valence-corrected chi connectivity index (χ3v) is 4.69. The molecule has 0 spiro atoms. The van der Waals surface area contributed by atoms with Gasteiger partial charge in [-0.05, 0) is 19.3 Å². The minimum absolute atomic E-state index is 0.609. The van der Waals surface area contributed by atoms with Crippen LogP contribution in [0.15, 0.2) is 0 Å². The highest BCUT2D eigenvalue weighted by molar-refractivity contribution is 14.1. The molecule has 5 heteroatoms. The normalized spacial score (nSPS) is 21.4. The lowest BCUT2D eigenvalue weighted by Gasteiger charge is -2.30. The van der Waals surface area contributed by atoms with E-state index in [2.05, 4.69) is 22.6 Å². The van der Waals surface area contributed by atoms with Gasteiger partial charge in [-0.2, -0.15) is 9.78 Å². The minimum Gasteiger partial charge on any atom is -0.237 e. The molecule has 0 radical (unpaired) electrons. The first-order valence-corrected chi connectivity index (χ1v) is 9.94. The molecule has 126 valence electrons. The Balaban J connectivity index is 2.49. The second kappa shape index (κ2) is 13.0. The number of hydrogen-bond acceptors (Lipinski definition) is 4. The highest BCUT2D eigenvalue weighted by atomic mass is 127. The summed E-state index contributed by atoms with van der Waals surface area (Å²) in [5.41, 5.74) is 0. The van der Waals surface area contributed by atoms with Crippen LogP contribution in [0.2, 0.25) is 0 Å². The van der Waals surface area contributed by atoms with Crippen molar-refractivity contribution in [2.45, 2.75) is 82.8 Å². The first-order chi connectivity index (χ1) is 10.3. The maximum atomic E-state index is 5.67. The molecule has 0 bridgehead atoms. The van der Waals surface area contributed by atoms with Crippen molar-refractivity contribution in [3.63, 3.8) is 0 Å². The van der Waals surface area contributed by atoms with Gasteiger partial charge in [-0.25, -0.2) is 9.78 Å². The Morgan fingerprint density at radius 2 is 1.33 bits per heavy atom. The number of alkyl halides is 1. The van der Waals surface area contributed by atoms with E-state index in [0.717, 1.165) is 36.5 Å². The van der Waals surface area contributed by atoms with Crippen LogP contribution in [0.1, 0.15) is 77.0 Å². The summed E-state index contributed by atoms with van der Waals surface area (Å²) in [5.74, 6) is -0.723. The lowest BCUT2D eigenvalue weighted by atomic mass is 9.97. The van der Waals surface area contributed by atoms with Gasteiger partial charge in [-0.1, -0.05) is 67.5 Å². The molecule has 0 unspecified atom stereocenters. The maximum Gasteiger partial charge on any atom is 0.233 e. The Kier molecular flexibility index (Phi) is 12.2. The van der Waals surface area contributed by atoms with Crippen molar-refractivity contribution in [2.24, 2.45) is 0 Å². The predicted molar refractivity (Wildman–Crippen MR) is 92.2 cm³/mol. The molecule has 0 aromatic carbocycles. The highest BCUT2D eigenvalue weighted by Crippen LogP contribution is 2.30. The van der Waals surface area contributed by atoms with E-state index in [-0.39, 0.29) is 0 Å². The van der Waals surface area contributed by atoms with Gasteiger partial charge in [0.05, 0.1) is 13.7 Å². The molecule has 0 heterocycles. The number of hydrogen-bond donors (Lipinski definition) is 0. The SMILES string of the molecule is COOC1(OOCCCI)CCCCCCCCCCC1. The summed E-state index contributed by atoms with van der Waals surface area (Å²) in [7, 11) is 1.55. The van der Waals surface area contributed by atoms with Crippen LogP contribution in [0, 0.1) is 0 Å². The van der Waals surface area contributed by atoms with Crippen molar-refractivity contribution < 1.29 is 19.6 Å². The Hall–Kier alpha value is 0.570. The summed E-state index contributed by atoms with van der Waals surface area (Å²) in [6, 6.07) is 0. The summed E-state index contributed by atoms with van der Waals surface area (Å²) in [5, 5.41) is 0. The lowest BCUT2D eigenvalue weighted by Crippen LogP contribution is -2.36. The lowest BCUT2D eigenvalue weighted by molar-refractivity contribution is -0.509. The zero-order chi connectivity index (χ0) is 15.2. The van der Waals surface area contributed by atoms with E-state index < -0.39 is 5.79 Å². The van der Waals surface area contributed by atoms with Crippen molar-refractivity contribution in [1.82, 2.24) is 0 Å². The van der Waals surface area contributed by atoms with Crippen molar-refractivity contribution in [1.29, 1.82) is 0 Å². The molecular weight excluding hydrogens is 383 g/mol. The smallest absolute Gasteiger partial charge is 0.233 e. The monoisotopic (exact) mass is 414 g/mol. The molecule has 0 N–H and O–H groups in total. The first-order valence-electron chi connectivity index (χ1n) is 8.41. The molecule has 1 saturated carbocycles. The van der Waals surface area contributed by atoms with Crippen LogP contribution in [0.3, 0.4) is 0 Å². The summed E-state index contributed by atoms with van der Waals surface area (Å²) < 4.78 is 1.07. The fourth-order valence-corrected chi connectivity index (χ4v) is 3.06. The van der Waals surface area contributed by atoms with E-state index in [0.29, 0.717) is 6.61 Å². The van der Waals surface area contributed by atoms with E-state index in [9.17, 15) is 0 Å². The van der Waals surface area contributed by atoms with Crippen LogP contribution in [-0.2, 0) is 19.6 Å². The fourth-order valence-electron chi connectivity index (χ4n) is 2.75. The van der Waals surface area contributed by atoms with Crippen LogP contribution in [0.5, 0.6) is 0 Å². The van der Waals surface area contributed by atoms with Crippen LogP contribution in [0.25, 0.3) is 0 Å². The molecular formula is C16H31IO4. The summed E-state index contributed by atoms with van der Waals surface area (Å²) in [6.45, 7) is 0.609. The maximum absolute atomic E-state index is 5.67. The predicted octanol–water partition coefficient (Wildman–Crippen LogP) is 5.34. The van der Waals surface area contributed by atoms with E-state index in [1.807, 2.05) is 0 Å². The quantitative estimate of drug-likeness (QED) is 0.141. The van der Waals surface area contributed by atoms with Crippen molar-refractivity contribution >= 4 is 22.6 Å². The molecule has 4 nitrogen and oxygen atoms in total. The second-order valence-corrected chi connectivity index (χ2v) is 6.87. The van der Waals surface area contributed by atoms with Crippen LogP contribution in [-0.4, -0.2) is 23.9 Å². The average molecular weight is 414 g/mol. The largest absolute Gasteiger partial charge is 0.237 e. The zero-order valence-electron chi connectivity index (χ0n) is 13.4. The molecule has 0 amide bonds. The molecule has 1 rings (SSSR count). The fraction of sp³-hybridized carbons (Fsp3) is 1.00. The molecule has 1 aliphatic carbocycles. The van der Waals surface area contributed by atoms with Crippen LogP contribution < -0.4 is 0 Å². The minimum atomic E-state index is -0.723. The van der Waals surface area contributed by atoms with Crippen molar-refractivity contribution in [3.05, 3.63) is 0 Å². The average Bonchev–Trinajstić information content (AvgIpc) is 2.47.